The van der Waals surface area contributed by atoms with Gasteiger partial charge in [-0.2, -0.15) is 0 Å². The number of hydrogen-bond acceptors (Lipinski definition) is 4. The standard InChI is InChI=1S/C21H12Cl2IN3OS2/c22-11-5-7-15(23)13(9-11)19(28)27-21(29)26-16-8-6-12(24)10-14(16)20-25-17-3-1-2-4-18(17)30-20/h1-10H,(H2,26,27,28,29). The molecule has 4 rings (SSSR count). The average Bonchev–Trinajstić information content (AvgIpc) is 3.15. The lowest BCUT2D eigenvalue weighted by molar-refractivity contribution is 0.0978. The first-order valence-corrected chi connectivity index (χ1v) is 11.7. The number of amides is 1. The van der Waals surface area contributed by atoms with Gasteiger partial charge in [-0.3, -0.25) is 10.1 Å². The molecular formula is C21H12Cl2IN3OS2. The van der Waals surface area contributed by atoms with Gasteiger partial charge in [-0.15, -0.1) is 11.3 Å². The van der Waals surface area contributed by atoms with Crippen LogP contribution in [0.4, 0.5) is 5.69 Å². The van der Waals surface area contributed by atoms with Crippen LogP contribution in [0, 0.1) is 3.57 Å². The Kier molecular flexibility index (Phi) is 6.54. The minimum absolute atomic E-state index is 0.152. The Morgan fingerprint density at radius 3 is 2.67 bits per heavy atom. The van der Waals surface area contributed by atoms with E-state index < -0.39 is 5.91 Å². The number of carbonyl (C=O) groups excluding carboxylic acids is 1. The van der Waals surface area contributed by atoms with Crippen LogP contribution >= 0.6 is 69.3 Å². The number of anilines is 1. The van der Waals surface area contributed by atoms with Gasteiger partial charge < -0.3 is 5.32 Å². The van der Waals surface area contributed by atoms with Gasteiger partial charge in [-0.05, 0) is 83.3 Å². The minimum atomic E-state index is -0.438. The maximum absolute atomic E-state index is 12.6. The van der Waals surface area contributed by atoms with Gasteiger partial charge in [0, 0.05) is 14.2 Å². The minimum Gasteiger partial charge on any atom is -0.332 e. The lowest BCUT2D eigenvalue weighted by Crippen LogP contribution is -2.34. The number of halogens is 3. The highest BCUT2D eigenvalue weighted by Gasteiger charge is 2.15. The van der Waals surface area contributed by atoms with Crippen molar-refractivity contribution in [1.29, 1.82) is 0 Å². The molecule has 0 saturated heterocycles. The van der Waals surface area contributed by atoms with Gasteiger partial charge in [-0.1, -0.05) is 35.3 Å². The van der Waals surface area contributed by atoms with E-state index in [2.05, 4.69) is 33.2 Å². The first-order chi connectivity index (χ1) is 14.4. The van der Waals surface area contributed by atoms with Crippen LogP contribution in [0.15, 0.2) is 60.7 Å². The van der Waals surface area contributed by atoms with Crippen LogP contribution in [-0.2, 0) is 0 Å². The zero-order valence-electron chi connectivity index (χ0n) is 15.1. The third-order valence-corrected chi connectivity index (χ3v) is 6.66. The summed E-state index contributed by atoms with van der Waals surface area (Å²) in [4.78, 5) is 17.3. The maximum Gasteiger partial charge on any atom is 0.258 e. The number of hydrogen-bond donors (Lipinski definition) is 2. The van der Waals surface area contributed by atoms with E-state index >= 15 is 0 Å². The highest BCUT2D eigenvalue weighted by molar-refractivity contribution is 14.1. The van der Waals surface area contributed by atoms with Crippen molar-refractivity contribution in [2.45, 2.75) is 0 Å². The Bertz CT molecular complexity index is 1260. The summed E-state index contributed by atoms with van der Waals surface area (Å²) in [5.41, 5.74) is 2.84. The maximum atomic E-state index is 12.6. The van der Waals surface area contributed by atoms with Crippen LogP contribution in [0.3, 0.4) is 0 Å². The lowest BCUT2D eigenvalue weighted by Gasteiger charge is -2.13. The first kappa shape index (κ1) is 21.5. The van der Waals surface area contributed by atoms with Crippen molar-refractivity contribution in [3.8, 4) is 10.6 Å². The fourth-order valence-electron chi connectivity index (χ4n) is 2.79. The number of aromatic nitrogens is 1. The predicted octanol–water partition coefficient (Wildman–Crippen LogP) is 7.00. The molecule has 0 spiro atoms. The van der Waals surface area contributed by atoms with E-state index in [0.717, 1.165) is 30.0 Å². The van der Waals surface area contributed by atoms with Crippen LogP contribution in [-0.4, -0.2) is 16.0 Å². The molecule has 0 fully saturated rings. The number of para-hydroxylation sites is 1. The summed E-state index contributed by atoms with van der Waals surface area (Å²) in [7, 11) is 0. The Morgan fingerprint density at radius 2 is 1.87 bits per heavy atom. The van der Waals surface area contributed by atoms with Crippen LogP contribution in [0.25, 0.3) is 20.8 Å². The molecule has 0 aliphatic heterocycles. The number of carbonyl (C=O) groups is 1. The number of thiocarbonyl (C=S) groups is 1. The highest BCUT2D eigenvalue weighted by atomic mass is 127. The molecular weight excluding hydrogens is 572 g/mol. The molecule has 2 N–H and O–H groups in total. The second-order valence-corrected chi connectivity index (χ2v) is 9.74. The molecule has 9 heteroatoms. The SMILES string of the molecule is O=C(NC(=S)Nc1ccc(I)cc1-c1nc2ccccc2s1)c1cc(Cl)ccc1Cl. The second kappa shape index (κ2) is 9.15. The summed E-state index contributed by atoms with van der Waals surface area (Å²) in [5, 5.41) is 7.48. The molecule has 0 bridgehead atoms. The lowest BCUT2D eigenvalue weighted by atomic mass is 10.2. The average molecular weight is 584 g/mol. The summed E-state index contributed by atoms with van der Waals surface area (Å²) in [6, 6.07) is 18.6. The summed E-state index contributed by atoms with van der Waals surface area (Å²) in [6.45, 7) is 0. The van der Waals surface area contributed by atoms with Crippen molar-refractivity contribution in [3.63, 3.8) is 0 Å². The molecule has 1 aromatic heterocycles. The molecule has 4 nitrogen and oxygen atoms in total. The zero-order chi connectivity index (χ0) is 21.3. The van der Waals surface area contributed by atoms with Crippen LogP contribution in [0.5, 0.6) is 0 Å². The summed E-state index contributed by atoms with van der Waals surface area (Å²) in [6.07, 6.45) is 0. The van der Waals surface area contributed by atoms with Gasteiger partial charge in [0.05, 0.1) is 26.5 Å². The second-order valence-electron chi connectivity index (χ2n) is 6.21. The van der Waals surface area contributed by atoms with Gasteiger partial charge in [0.25, 0.3) is 5.91 Å². The quantitative estimate of drug-likeness (QED) is 0.201. The molecule has 3 aromatic carbocycles. The Morgan fingerprint density at radius 1 is 1.07 bits per heavy atom. The molecule has 0 aliphatic rings. The largest absolute Gasteiger partial charge is 0.332 e. The normalized spacial score (nSPS) is 10.8. The van der Waals surface area contributed by atoms with Crippen molar-refractivity contribution >= 4 is 96.3 Å². The Balaban J connectivity index is 1.59. The molecule has 4 aromatic rings. The van der Waals surface area contributed by atoms with Gasteiger partial charge in [0.2, 0.25) is 0 Å². The monoisotopic (exact) mass is 583 g/mol. The van der Waals surface area contributed by atoms with Crippen molar-refractivity contribution < 1.29 is 4.79 Å². The van der Waals surface area contributed by atoms with E-state index in [-0.39, 0.29) is 10.7 Å². The van der Waals surface area contributed by atoms with Gasteiger partial charge >= 0.3 is 0 Å². The Labute approximate surface area is 205 Å². The smallest absolute Gasteiger partial charge is 0.258 e. The molecule has 0 atom stereocenters. The van der Waals surface area contributed by atoms with Crippen molar-refractivity contribution in [1.82, 2.24) is 10.3 Å². The molecule has 30 heavy (non-hydrogen) atoms. The van der Waals surface area contributed by atoms with E-state index in [9.17, 15) is 4.79 Å². The third kappa shape index (κ3) is 4.76. The van der Waals surface area contributed by atoms with Crippen molar-refractivity contribution in [2.75, 3.05) is 5.32 Å². The fourth-order valence-corrected chi connectivity index (χ4v) is 4.85. The summed E-state index contributed by atoms with van der Waals surface area (Å²) < 4.78 is 2.16. The van der Waals surface area contributed by atoms with E-state index in [4.69, 9.17) is 40.4 Å². The topological polar surface area (TPSA) is 54.0 Å². The number of fused-ring (bicyclic) bond motifs is 1. The molecule has 0 aliphatic carbocycles. The molecule has 0 saturated carbocycles. The number of nitrogens with one attached hydrogen (secondary N) is 2. The van der Waals surface area contributed by atoms with E-state index in [0.29, 0.717) is 10.0 Å². The predicted molar refractivity (Wildman–Crippen MR) is 138 cm³/mol. The van der Waals surface area contributed by atoms with E-state index in [1.165, 1.54) is 6.07 Å². The van der Waals surface area contributed by atoms with E-state index in [1.54, 1.807) is 23.5 Å². The van der Waals surface area contributed by atoms with Crippen molar-refractivity contribution in [3.05, 3.63) is 79.8 Å². The number of rotatable bonds is 3. The summed E-state index contributed by atoms with van der Waals surface area (Å²) >= 11 is 21.3. The molecule has 150 valence electrons. The molecule has 0 radical (unpaired) electrons. The molecule has 0 unspecified atom stereocenters. The number of thiazole rings is 1. The zero-order valence-corrected chi connectivity index (χ0v) is 20.4. The third-order valence-electron chi connectivity index (χ3n) is 4.15. The number of benzene rings is 3. The van der Waals surface area contributed by atoms with Crippen LogP contribution < -0.4 is 10.6 Å². The summed E-state index contributed by atoms with van der Waals surface area (Å²) in [5.74, 6) is -0.438. The molecule has 1 heterocycles. The van der Waals surface area contributed by atoms with Gasteiger partial charge in [0.1, 0.15) is 5.01 Å². The highest BCUT2D eigenvalue weighted by Crippen LogP contribution is 2.35. The fraction of sp³-hybridized carbons (Fsp3) is 0. The Hall–Kier alpha value is -1.78. The van der Waals surface area contributed by atoms with Crippen LogP contribution in [0.2, 0.25) is 10.0 Å². The van der Waals surface area contributed by atoms with Gasteiger partial charge in [0.15, 0.2) is 5.11 Å². The molecule has 1 amide bonds. The van der Waals surface area contributed by atoms with E-state index in [1.807, 2.05) is 42.5 Å². The number of nitrogens with zero attached hydrogens (tertiary/aromatic N) is 1. The van der Waals surface area contributed by atoms with Crippen molar-refractivity contribution in [2.24, 2.45) is 0 Å². The van der Waals surface area contributed by atoms with Crippen LogP contribution in [0.1, 0.15) is 10.4 Å². The van der Waals surface area contributed by atoms with Gasteiger partial charge in [-0.25, -0.2) is 4.98 Å². The first-order valence-electron chi connectivity index (χ1n) is 8.63.